The van der Waals surface area contributed by atoms with E-state index in [0.29, 0.717) is 37.1 Å². The van der Waals surface area contributed by atoms with Crippen LogP contribution in [-0.4, -0.2) is 65.5 Å². The third kappa shape index (κ3) is 4.72. The van der Waals surface area contributed by atoms with Crippen molar-refractivity contribution in [3.05, 3.63) is 30.1 Å². The molecule has 0 spiro atoms. The van der Waals surface area contributed by atoms with Gasteiger partial charge in [0.05, 0.1) is 23.9 Å². The Morgan fingerprint density at radius 1 is 1.32 bits per heavy atom. The number of anilines is 1. The van der Waals surface area contributed by atoms with E-state index in [0.717, 1.165) is 12.1 Å². The molecule has 0 atom stereocenters. The Morgan fingerprint density at radius 3 is 2.79 bits per heavy atom. The topological polar surface area (TPSA) is 106 Å². The first-order valence-electron chi connectivity index (χ1n) is 8.91. The van der Waals surface area contributed by atoms with Gasteiger partial charge in [0.15, 0.2) is 5.16 Å². The molecular weight excluding hydrogens is 402 g/mol. The van der Waals surface area contributed by atoms with Crippen LogP contribution < -0.4 is 5.32 Å². The monoisotopic (exact) mass is 425 g/mol. The van der Waals surface area contributed by atoms with Crippen LogP contribution in [0.3, 0.4) is 0 Å². The average Bonchev–Trinajstić information content (AvgIpc) is 3.16. The third-order valence-corrected chi connectivity index (χ3v) is 7.22. The first-order valence-corrected chi connectivity index (χ1v) is 11.3. The average molecular weight is 426 g/mol. The first-order chi connectivity index (χ1) is 13.4. The van der Waals surface area contributed by atoms with Crippen LogP contribution in [-0.2, 0) is 26.1 Å². The molecule has 1 fully saturated rings. The van der Waals surface area contributed by atoms with Crippen LogP contribution in [0.25, 0.3) is 0 Å². The van der Waals surface area contributed by atoms with Gasteiger partial charge < -0.3 is 14.6 Å². The molecule has 1 aliphatic heterocycles. The fourth-order valence-electron chi connectivity index (χ4n) is 2.72. The number of nitrogens with zero attached hydrogens (tertiary/aromatic N) is 4. The molecule has 1 aliphatic rings. The van der Waals surface area contributed by atoms with Crippen LogP contribution in [0, 0.1) is 6.92 Å². The summed E-state index contributed by atoms with van der Waals surface area (Å²) in [5.74, 6) is -0.0850. The summed E-state index contributed by atoms with van der Waals surface area (Å²) in [5.41, 5.74) is 1.27. The normalized spacial score (nSPS) is 15.5. The summed E-state index contributed by atoms with van der Waals surface area (Å²) >= 11 is 1.28. The van der Waals surface area contributed by atoms with Crippen LogP contribution >= 0.6 is 11.8 Å². The number of aryl methyl sites for hydroxylation is 2. The highest BCUT2D eigenvalue weighted by Crippen LogP contribution is 2.24. The van der Waals surface area contributed by atoms with Crippen LogP contribution in [0.4, 0.5) is 5.69 Å². The Morgan fingerprint density at radius 2 is 2.07 bits per heavy atom. The molecule has 2 aromatic rings. The van der Waals surface area contributed by atoms with Crippen molar-refractivity contribution in [3.8, 4) is 0 Å². The van der Waals surface area contributed by atoms with Gasteiger partial charge in [0.1, 0.15) is 6.33 Å². The fourth-order valence-corrected chi connectivity index (χ4v) is 4.94. The number of thioether (sulfide) groups is 1. The molecule has 3 rings (SSSR count). The van der Waals surface area contributed by atoms with Gasteiger partial charge in [-0.05, 0) is 31.5 Å². The third-order valence-electron chi connectivity index (χ3n) is 4.34. The van der Waals surface area contributed by atoms with E-state index < -0.39 is 10.0 Å². The van der Waals surface area contributed by atoms with Crippen LogP contribution in [0.15, 0.2) is 34.6 Å². The van der Waals surface area contributed by atoms with E-state index >= 15 is 0 Å². The molecular formula is C17H23N5O4S2. The molecule has 0 unspecified atom stereocenters. The zero-order valence-corrected chi connectivity index (χ0v) is 17.4. The maximum atomic E-state index is 12.8. The van der Waals surface area contributed by atoms with Gasteiger partial charge in [-0.1, -0.05) is 17.8 Å². The Labute approximate surface area is 168 Å². The number of hydrogen-bond acceptors (Lipinski definition) is 7. The summed E-state index contributed by atoms with van der Waals surface area (Å²) < 4.78 is 34.1. The molecule has 9 nitrogen and oxygen atoms in total. The van der Waals surface area contributed by atoms with Gasteiger partial charge in [0.2, 0.25) is 15.9 Å². The van der Waals surface area contributed by atoms with Gasteiger partial charge in [-0.3, -0.25) is 4.79 Å². The molecule has 0 radical (unpaired) electrons. The van der Waals surface area contributed by atoms with Crippen molar-refractivity contribution in [1.82, 2.24) is 19.1 Å². The van der Waals surface area contributed by atoms with Crippen LogP contribution in [0.5, 0.6) is 0 Å². The first kappa shape index (κ1) is 20.8. The maximum Gasteiger partial charge on any atom is 0.243 e. The molecule has 1 saturated heterocycles. The van der Waals surface area contributed by atoms with Crippen LogP contribution in [0.1, 0.15) is 12.5 Å². The van der Waals surface area contributed by atoms with E-state index in [2.05, 4.69) is 15.5 Å². The zero-order chi connectivity index (χ0) is 20.1. The lowest BCUT2D eigenvalue weighted by molar-refractivity contribution is -0.113. The van der Waals surface area contributed by atoms with Gasteiger partial charge in [0, 0.05) is 25.3 Å². The number of sulfonamides is 1. The lowest BCUT2D eigenvalue weighted by atomic mass is 10.2. The van der Waals surface area contributed by atoms with Crippen molar-refractivity contribution < 1.29 is 17.9 Å². The summed E-state index contributed by atoms with van der Waals surface area (Å²) in [5, 5.41) is 11.3. The second-order valence-electron chi connectivity index (χ2n) is 6.23. The molecule has 1 N–H and O–H groups in total. The van der Waals surface area contributed by atoms with Gasteiger partial charge in [0.25, 0.3) is 0 Å². The summed E-state index contributed by atoms with van der Waals surface area (Å²) in [6, 6.07) is 4.77. The summed E-state index contributed by atoms with van der Waals surface area (Å²) in [7, 11) is -3.62. The number of morpholine rings is 1. The predicted molar refractivity (Wildman–Crippen MR) is 106 cm³/mol. The van der Waals surface area contributed by atoms with Crippen molar-refractivity contribution in [2.75, 3.05) is 37.4 Å². The maximum absolute atomic E-state index is 12.8. The molecule has 11 heteroatoms. The number of carbonyl (C=O) groups excluding carboxylic acids is 1. The number of nitrogens with one attached hydrogen (secondary N) is 1. The van der Waals surface area contributed by atoms with Gasteiger partial charge >= 0.3 is 0 Å². The van der Waals surface area contributed by atoms with E-state index in [1.165, 1.54) is 22.1 Å². The molecule has 1 aromatic carbocycles. The highest BCUT2D eigenvalue weighted by molar-refractivity contribution is 7.99. The van der Waals surface area contributed by atoms with Crippen molar-refractivity contribution in [1.29, 1.82) is 0 Å². The van der Waals surface area contributed by atoms with Gasteiger partial charge in [-0.25, -0.2) is 8.42 Å². The molecule has 1 aromatic heterocycles. The number of aromatic nitrogens is 3. The highest BCUT2D eigenvalue weighted by Gasteiger charge is 2.26. The number of carbonyl (C=O) groups is 1. The number of rotatable bonds is 7. The van der Waals surface area contributed by atoms with E-state index in [-0.39, 0.29) is 16.6 Å². The number of benzene rings is 1. The van der Waals surface area contributed by atoms with Crippen molar-refractivity contribution in [3.63, 3.8) is 0 Å². The molecule has 0 saturated carbocycles. The second kappa shape index (κ2) is 9.03. The lowest BCUT2D eigenvalue weighted by Gasteiger charge is -2.26. The van der Waals surface area contributed by atoms with Crippen LogP contribution in [0.2, 0.25) is 0 Å². The van der Waals surface area contributed by atoms with E-state index in [9.17, 15) is 13.2 Å². The lowest BCUT2D eigenvalue weighted by Crippen LogP contribution is -2.40. The summed E-state index contributed by atoms with van der Waals surface area (Å²) in [6.45, 7) is 5.93. The minimum Gasteiger partial charge on any atom is -0.379 e. The molecule has 2 heterocycles. The second-order valence-corrected chi connectivity index (χ2v) is 9.11. The SMILES string of the molecule is CCn1cnnc1SCC(=O)Nc1cc(S(=O)(=O)N2CCOCC2)ccc1C. The summed E-state index contributed by atoms with van der Waals surface area (Å²) in [4.78, 5) is 12.5. The zero-order valence-electron chi connectivity index (χ0n) is 15.8. The van der Waals surface area contributed by atoms with E-state index in [1.54, 1.807) is 18.5 Å². The van der Waals surface area contributed by atoms with Crippen molar-refractivity contribution in [2.45, 2.75) is 30.4 Å². The number of ether oxygens (including phenoxy) is 1. The van der Waals surface area contributed by atoms with Gasteiger partial charge in [-0.2, -0.15) is 4.31 Å². The highest BCUT2D eigenvalue weighted by atomic mass is 32.2. The van der Waals surface area contributed by atoms with Crippen molar-refractivity contribution >= 4 is 33.4 Å². The smallest absolute Gasteiger partial charge is 0.243 e. The Bertz CT molecular complexity index is 939. The van der Waals surface area contributed by atoms with Gasteiger partial charge in [-0.15, -0.1) is 10.2 Å². The molecule has 1 amide bonds. The fraction of sp³-hybridized carbons (Fsp3) is 0.471. The summed E-state index contributed by atoms with van der Waals surface area (Å²) in [6.07, 6.45) is 1.62. The van der Waals surface area contributed by atoms with E-state index in [4.69, 9.17) is 4.74 Å². The predicted octanol–water partition coefficient (Wildman–Crippen LogP) is 1.36. The standard InChI is InChI=1S/C17H23N5O4S2/c1-3-21-12-18-20-17(21)27-11-16(23)19-15-10-14(5-4-13(15)2)28(24,25)22-6-8-26-9-7-22/h4-5,10,12H,3,6-9,11H2,1-2H3,(H,19,23). The minimum atomic E-state index is -3.62. The Hall–Kier alpha value is -1.95. The molecule has 0 aliphatic carbocycles. The largest absolute Gasteiger partial charge is 0.379 e. The Balaban J connectivity index is 1.70. The minimum absolute atomic E-state index is 0.151. The van der Waals surface area contributed by atoms with Crippen molar-refractivity contribution in [2.24, 2.45) is 0 Å². The van der Waals surface area contributed by atoms with E-state index in [1.807, 2.05) is 18.4 Å². The quantitative estimate of drug-likeness (QED) is 0.668. The Kier molecular flexibility index (Phi) is 6.70. The molecule has 0 bridgehead atoms. The number of hydrogen-bond donors (Lipinski definition) is 1. The molecule has 28 heavy (non-hydrogen) atoms. The number of amides is 1. The molecule has 152 valence electrons.